The lowest BCUT2D eigenvalue weighted by atomic mass is 10.1. The van der Waals surface area contributed by atoms with E-state index in [2.05, 4.69) is 21.6 Å². The molecule has 152 valence electrons. The Morgan fingerprint density at radius 2 is 1.96 bits per heavy atom. The lowest BCUT2D eigenvalue weighted by Gasteiger charge is -2.25. The zero-order chi connectivity index (χ0) is 20.5. The highest BCUT2D eigenvalue weighted by Gasteiger charge is 2.24. The van der Waals surface area contributed by atoms with Crippen LogP contribution in [0.5, 0.6) is 0 Å². The molecule has 8 heteroatoms. The van der Waals surface area contributed by atoms with Crippen LogP contribution in [-0.4, -0.2) is 55.4 Å². The highest BCUT2D eigenvalue weighted by atomic mass is 35.5. The van der Waals surface area contributed by atoms with Crippen LogP contribution in [0.2, 0.25) is 5.02 Å². The van der Waals surface area contributed by atoms with E-state index in [1.165, 1.54) is 4.88 Å². The van der Waals surface area contributed by atoms with Crippen molar-refractivity contribution in [2.75, 3.05) is 32.6 Å². The highest BCUT2D eigenvalue weighted by Crippen LogP contribution is 2.22. The first-order chi connectivity index (χ1) is 13.4. The van der Waals surface area contributed by atoms with Crippen molar-refractivity contribution >= 4 is 46.5 Å². The number of hydrogen-bond acceptors (Lipinski definition) is 5. The minimum Gasteiger partial charge on any atom is -0.352 e. The summed E-state index contributed by atoms with van der Waals surface area (Å²) >= 11 is 9.41. The van der Waals surface area contributed by atoms with Crippen molar-refractivity contribution in [2.45, 2.75) is 18.5 Å². The van der Waals surface area contributed by atoms with Gasteiger partial charge in [0, 0.05) is 11.4 Å². The number of halogens is 1. The number of nitrogens with zero attached hydrogens (tertiary/aromatic N) is 1. The van der Waals surface area contributed by atoms with Gasteiger partial charge < -0.3 is 15.5 Å². The number of carbonyl (C=O) groups excluding carboxylic acids is 2. The molecule has 2 unspecified atom stereocenters. The van der Waals surface area contributed by atoms with E-state index in [1.54, 1.807) is 47.4 Å². The van der Waals surface area contributed by atoms with E-state index < -0.39 is 6.04 Å². The molecule has 1 aromatic heterocycles. The van der Waals surface area contributed by atoms with Crippen molar-refractivity contribution in [3.8, 4) is 0 Å². The van der Waals surface area contributed by atoms with Gasteiger partial charge in [0.05, 0.1) is 16.6 Å². The SMILES string of the molecule is CSCCC(NC(=O)c1ccccc1Cl)C(=O)NCC(c1cccs1)N(C)C. The number of carbonyl (C=O) groups is 2. The van der Waals surface area contributed by atoms with Crippen molar-refractivity contribution < 1.29 is 9.59 Å². The first kappa shape index (κ1) is 22.7. The quantitative estimate of drug-likeness (QED) is 0.593. The van der Waals surface area contributed by atoms with E-state index >= 15 is 0 Å². The Bertz CT molecular complexity index is 769. The van der Waals surface area contributed by atoms with Gasteiger partial charge in [0.2, 0.25) is 5.91 Å². The maximum atomic E-state index is 12.8. The van der Waals surface area contributed by atoms with E-state index in [9.17, 15) is 9.59 Å². The maximum absolute atomic E-state index is 12.8. The summed E-state index contributed by atoms with van der Waals surface area (Å²) in [6, 6.07) is 10.4. The van der Waals surface area contributed by atoms with Crippen molar-refractivity contribution in [1.82, 2.24) is 15.5 Å². The van der Waals surface area contributed by atoms with Gasteiger partial charge in [0.25, 0.3) is 5.91 Å². The average Bonchev–Trinajstić information content (AvgIpc) is 3.19. The number of likely N-dealkylation sites (N-methyl/N-ethyl adjacent to an activating group) is 1. The van der Waals surface area contributed by atoms with Crippen LogP contribution < -0.4 is 10.6 Å². The molecule has 0 spiro atoms. The second-order valence-electron chi connectivity index (χ2n) is 6.53. The van der Waals surface area contributed by atoms with Crippen molar-refractivity contribution in [3.63, 3.8) is 0 Å². The summed E-state index contributed by atoms with van der Waals surface area (Å²) in [7, 11) is 3.97. The number of amides is 2. The molecule has 2 atom stereocenters. The number of thioether (sulfide) groups is 1. The molecule has 0 fully saturated rings. The topological polar surface area (TPSA) is 61.4 Å². The number of benzene rings is 1. The molecule has 2 rings (SSSR count). The Morgan fingerprint density at radius 1 is 1.21 bits per heavy atom. The van der Waals surface area contributed by atoms with Crippen molar-refractivity contribution in [1.29, 1.82) is 0 Å². The minimum atomic E-state index is -0.609. The average molecular weight is 440 g/mol. The van der Waals surface area contributed by atoms with E-state index in [4.69, 9.17) is 11.6 Å². The molecule has 2 amide bonds. The number of nitrogens with one attached hydrogen (secondary N) is 2. The fourth-order valence-electron chi connectivity index (χ4n) is 2.72. The van der Waals surface area contributed by atoms with Crippen molar-refractivity contribution in [2.24, 2.45) is 0 Å². The minimum absolute atomic E-state index is 0.0874. The summed E-state index contributed by atoms with van der Waals surface area (Å²) in [5.74, 6) is 0.246. The third-order valence-corrected chi connectivity index (χ3v) is 6.26. The third kappa shape index (κ3) is 6.51. The van der Waals surface area contributed by atoms with Crippen LogP contribution in [0.3, 0.4) is 0 Å². The lowest BCUT2D eigenvalue weighted by molar-refractivity contribution is -0.123. The number of hydrogen-bond donors (Lipinski definition) is 2. The summed E-state index contributed by atoms with van der Waals surface area (Å²) in [6.07, 6.45) is 2.53. The Kier molecular flexibility index (Phi) is 9.31. The van der Waals surface area contributed by atoms with Gasteiger partial charge in [-0.05, 0) is 56.1 Å². The van der Waals surface area contributed by atoms with Crippen molar-refractivity contribution in [3.05, 3.63) is 57.2 Å². The molecule has 0 radical (unpaired) electrons. The second-order valence-corrected chi connectivity index (χ2v) is 8.90. The molecule has 0 bridgehead atoms. The molecular formula is C20H26ClN3O2S2. The van der Waals surface area contributed by atoms with Gasteiger partial charge in [0.1, 0.15) is 6.04 Å². The Balaban J connectivity index is 2.03. The van der Waals surface area contributed by atoms with Gasteiger partial charge in [-0.25, -0.2) is 0 Å². The molecular weight excluding hydrogens is 414 g/mol. The first-order valence-electron chi connectivity index (χ1n) is 8.96. The predicted octanol–water partition coefficient (Wildman–Crippen LogP) is 3.67. The largest absolute Gasteiger partial charge is 0.352 e. The summed E-state index contributed by atoms with van der Waals surface area (Å²) in [5, 5.41) is 8.23. The molecule has 0 aliphatic heterocycles. The molecule has 5 nitrogen and oxygen atoms in total. The fourth-order valence-corrected chi connectivity index (χ4v) is 4.34. The van der Waals surface area contributed by atoms with Gasteiger partial charge in [-0.1, -0.05) is 29.8 Å². The zero-order valence-corrected chi connectivity index (χ0v) is 18.7. The molecule has 0 aliphatic rings. The van der Waals surface area contributed by atoms with Crippen LogP contribution in [0.1, 0.15) is 27.7 Å². The molecule has 0 aliphatic carbocycles. The molecule has 0 saturated heterocycles. The number of rotatable bonds is 10. The summed E-state index contributed by atoms with van der Waals surface area (Å²) in [6.45, 7) is 0.476. The summed E-state index contributed by atoms with van der Waals surface area (Å²) in [4.78, 5) is 28.7. The van der Waals surface area contributed by atoms with Crippen LogP contribution in [-0.2, 0) is 4.79 Å². The van der Waals surface area contributed by atoms with Gasteiger partial charge in [0.15, 0.2) is 0 Å². The predicted molar refractivity (Wildman–Crippen MR) is 119 cm³/mol. The Hall–Kier alpha value is -1.54. The van der Waals surface area contributed by atoms with Crippen LogP contribution in [0, 0.1) is 0 Å². The van der Waals surface area contributed by atoms with Gasteiger partial charge in [-0.15, -0.1) is 11.3 Å². The Morgan fingerprint density at radius 3 is 2.57 bits per heavy atom. The smallest absolute Gasteiger partial charge is 0.253 e. The van der Waals surface area contributed by atoms with E-state index in [0.717, 1.165) is 5.75 Å². The Labute approximate surface area is 179 Å². The molecule has 1 heterocycles. The van der Waals surface area contributed by atoms with Crippen LogP contribution >= 0.6 is 34.7 Å². The molecule has 2 aromatic rings. The third-order valence-electron chi connectivity index (χ3n) is 4.32. The first-order valence-corrected chi connectivity index (χ1v) is 11.6. The second kappa shape index (κ2) is 11.5. The van der Waals surface area contributed by atoms with E-state index in [0.29, 0.717) is 23.6 Å². The zero-order valence-electron chi connectivity index (χ0n) is 16.3. The number of thiophene rings is 1. The maximum Gasteiger partial charge on any atom is 0.253 e. The molecule has 28 heavy (non-hydrogen) atoms. The monoisotopic (exact) mass is 439 g/mol. The van der Waals surface area contributed by atoms with Gasteiger partial charge in [-0.3, -0.25) is 9.59 Å². The normalized spacial score (nSPS) is 13.2. The molecule has 1 aromatic carbocycles. The van der Waals surface area contributed by atoms with E-state index in [-0.39, 0.29) is 17.9 Å². The summed E-state index contributed by atoms with van der Waals surface area (Å²) in [5.41, 5.74) is 0.371. The van der Waals surface area contributed by atoms with Gasteiger partial charge >= 0.3 is 0 Å². The highest BCUT2D eigenvalue weighted by molar-refractivity contribution is 7.98. The standard InChI is InChI=1S/C20H26ClN3O2S2/c1-24(2)17(18-9-6-11-28-18)13-22-20(26)16(10-12-27-3)23-19(25)14-7-4-5-8-15(14)21/h4-9,11,16-17H,10,12-13H2,1-3H3,(H,22,26)(H,23,25). The van der Waals surface area contributed by atoms with Crippen LogP contribution in [0.25, 0.3) is 0 Å². The van der Waals surface area contributed by atoms with Gasteiger partial charge in [-0.2, -0.15) is 11.8 Å². The fraction of sp³-hybridized carbons (Fsp3) is 0.400. The molecule has 0 saturated carbocycles. The lowest BCUT2D eigenvalue weighted by Crippen LogP contribution is -2.48. The summed E-state index contributed by atoms with van der Waals surface area (Å²) < 4.78 is 0. The van der Waals surface area contributed by atoms with Crippen LogP contribution in [0.4, 0.5) is 0 Å². The molecule has 2 N–H and O–H groups in total. The van der Waals surface area contributed by atoms with E-state index in [1.807, 2.05) is 31.8 Å². The van der Waals surface area contributed by atoms with Crippen LogP contribution in [0.15, 0.2) is 41.8 Å².